The van der Waals surface area contributed by atoms with Crippen molar-refractivity contribution in [2.45, 2.75) is 25.5 Å². The highest BCUT2D eigenvalue weighted by molar-refractivity contribution is 7.86. The fraction of sp³-hybridized carbons (Fsp3) is 0.455. The predicted molar refractivity (Wildman–Crippen MR) is 71.3 cm³/mol. The van der Waals surface area contributed by atoms with Crippen molar-refractivity contribution in [2.75, 3.05) is 6.54 Å². The summed E-state index contributed by atoms with van der Waals surface area (Å²) in [6.45, 7) is 6.38. The van der Waals surface area contributed by atoms with Crippen molar-refractivity contribution in [3.8, 4) is 0 Å². The van der Waals surface area contributed by atoms with Crippen molar-refractivity contribution >= 4 is 22.0 Å². The number of hydrogen-bond acceptors (Lipinski definition) is 4. The molecule has 110 valence electrons. The van der Waals surface area contributed by atoms with E-state index in [2.05, 4.69) is 11.9 Å². The Kier molecular flexibility index (Phi) is 10.6. The van der Waals surface area contributed by atoms with Crippen molar-refractivity contribution in [1.82, 2.24) is 5.32 Å². The van der Waals surface area contributed by atoms with Crippen molar-refractivity contribution in [1.29, 1.82) is 0 Å². The van der Waals surface area contributed by atoms with Crippen molar-refractivity contribution < 1.29 is 27.7 Å². The first-order chi connectivity index (χ1) is 8.68. The molecule has 0 saturated heterocycles. The second-order valence-electron chi connectivity index (χ2n) is 3.33. The van der Waals surface area contributed by atoms with E-state index in [0.29, 0.717) is 0 Å². The third kappa shape index (κ3) is 12.6. The molecular weight excluding hydrogens is 274 g/mol. The molecule has 0 aliphatic rings. The maximum absolute atomic E-state index is 10.7. The van der Waals surface area contributed by atoms with Crippen LogP contribution >= 0.6 is 0 Å². The van der Waals surface area contributed by atoms with Crippen LogP contribution < -0.4 is 5.32 Å². The van der Waals surface area contributed by atoms with Crippen LogP contribution in [0.1, 0.15) is 20.3 Å². The first-order valence-electron chi connectivity index (χ1n) is 5.41. The average molecular weight is 293 g/mol. The monoisotopic (exact) mass is 293 g/mol. The molecule has 0 fully saturated rings. The van der Waals surface area contributed by atoms with Crippen LogP contribution in [0.5, 0.6) is 0 Å². The number of allylic oxidation sites excluding steroid dienone is 1. The molecule has 0 rings (SSSR count). The number of carbonyl (C=O) groups excluding carboxylic acids is 1. The van der Waals surface area contributed by atoms with Gasteiger partial charge >= 0.3 is 5.97 Å². The van der Waals surface area contributed by atoms with Crippen LogP contribution in [0.15, 0.2) is 24.8 Å². The van der Waals surface area contributed by atoms with E-state index in [4.69, 9.17) is 9.66 Å². The average Bonchev–Trinajstić information content (AvgIpc) is 2.28. The van der Waals surface area contributed by atoms with Gasteiger partial charge in [0.25, 0.3) is 10.1 Å². The van der Waals surface area contributed by atoms with Gasteiger partial charge in [-0.25, -0.2) is 4.79 Å². The van der Waals surface area contributed by atoms with Crippen LogP contribution in [-0.4, -0.2) is 41.7 Å². The second-order valence-corrected chi connectivity index (χ2v) is 5.03. The Morgan fingerprint density at radius 1 is 1.42 bits per heavy atom. The zero-order valence-electron chi connectivity index (χ0n) is 10.9. The van der Waals surface area contributed by atoms with Crippen LogP contribution in [0, 0.1) is 0 Å². The summed E-state index contributed by atoms with van der Waals surface area (Å²) in [5, 5.41) is 9.17. The molecule has 8 heteroatoms. The van der Waals surface area contributed by atoms with Gasteiger partial charge in [0.15, 0.2) is 0 Å². The summed E-state index contributed by atoms with van der Waals surface area (Å²) >= 11 is 0. The number of amides is 1. The third-order valence-electron chi connectivity index (χ3n) is 1.88. The molecular formula is C11H19NO6S. The van der Waals surface area contributed by atoms with Crippen LogP contribution in [0.2, 0.25) is 0 Å². The molecule has 7 nitrogen and oxygen atoms in total. The number of carbonyl (C=O) groups is 2. The number of carboxylic acids is 1. The second kappa shape index (κ2) is 10.3. The minimum atomic E-state index is -4.07. The van der Waals surface area contributed by atoms with Gasteiger partial charge in [0.1, 0.15) is 5.25 Å². The normalized spacial score (nSPS) is 12.2. The van der Waals surface area contributed by atoms with Gasteiger partial charge in [0.05, 0.1) is 0 Å². The summed E-state index contributed by atoms with van der Waals surface area (Å²) in [7, 11) is -4.07. The molecule has 0 aromatic carbocycles. The molecule has 0 spiro atoms. The van der Waals surface area contributed by atoms with E-state index in [0.717, 1.165) is 12.2 Å². The Morgan fingerprint density at radius 2 is 1.95 bits per heavy atom. The Morgan fingerprint density at radius 3 is 2.16 bits per heavy atom. The third-order valence-corrected chi connectivity index (χ3v) is 3.22. The van der Waals surface area contributed by atoms with Crippen molar-refractivity contribution in [3.63, 3.8) is 0 Å². The van der Waals surface area contributed by atoms with E-state index < -0.39 is 27.2 Å². The van der Waals surface area contributed by atoms with Crippen LogP contribution in [0.25, 0.3) is 0 Å². The van der Waals surface area contributed by atoms with Crippen molar-refractivity contribution in [2.24, 2.45) is 0 Å². The minimum Gasteiger partial charge on any atom is -0.478 e. The number of aliphatic carboxylic acids is 1. The molecule has 19 heavy (non-hydrogen) atoms. The maximum Gasteiger partial charge on any atom is 0.327 e. The quantitative estimate of drug-likeness (QED) is 0.487. The van der Waals surface area contributed by atoms with E-state index in [1.165, 1.54) is 6.08 Å². The molecule has 0 saturated carbocycles. The van der Waals surface area contributed by atoms with Gasteiger partial charge in [-0.05, 0) is 19.4 Å². The lowest BCUT2D eigenvalue weighted by atomic mass is 10.3. The molecule has 0 aliphatic heterocycles. The minimum absolute atomic E-state index is 0.0970. The molecule has 0 radical (unpaired) electrons. The van der Waals surface area contributed by atoms with Crippen LogP contribution in [-0.2, 0) is 19.7 Å². The largest absolute Gasteiger partial charge is 0.478 e. The molecule has 1 amide bonds. The first-order valence-corrected chi connectivity index (χ1v) is 6.91. The Balaban J connectivity index is 0. The standard InChI is InChI=1S/C7H13NO4S.C4H6O2/c1-3-6(13(10,11)12)5-8-7(9)4-2;1-2-3-4(5)6/h4,6H,2-3,5H2,1H3,(H,8,9)(H,10,11,12);2-3H,1H3,(H,5,6). The first kappa shape index (κ1) is 19.7. The smallest absolute Gasteiger partial charge is 0.327 e. The van der Waals surface area contributed by atoms with Crippen LogP contribution in [0.4, 0.5) is 0 Å². The number of nitrogens with one attached hydrogen (secondary N) is 1. The summed E-state index contributed by atoms with van der Waals surface area (Å²) in [5.41, 5.74) is 0. The summed E-state index contributed by atoms with van der Waals surface area (Å²) in [4.78, 5) is 20.2. The lowest BCUT2D eigenvalue weighted by Crippen LogP contribution is -2.35. The number of rotatable bonds is 6. The molecule has 0 heterocycles. The van der Waals surface area contributed by atoms with Gasteiger partial charge in [0, 0.05) is 12.6 Å². The Labute approximate surface area is 112 Å². The van der Waals surface area contributed by atoms with Gasteiger partial charge in [-0.1, -0.05) is 19.6 Å². The number of carboxylic acid groups (broad SMARTS) is 1. The maximum atomic E-state index is 10.7. The van der Waals surface area contributed by atoms with E-state index >= 15 is 0 Å². The summed E-state index contributed by atoms with van der Waals surface area (Å²) in [6, 6.07) is 0. The SMILES string of the molecule is C=CC(=O)NCC(CC)S(=O)(=O)O.CC=CC(=O)O. The molecule has 0 aromatic heterocycles. The van der Waals surface area contributed by atoms with Crippen molar-refractivity contribution in [3.05, 3.63) is 24.8 Å². The van der Waals surface area contributed by atoms with Gasteiger partial charge in [-0.2, -0.15) is 8.42 Å². The van der Waals surface area contributed by atoms with E-state index in [1.54, 1.807) is 13.8 Å². The fourth-order valence-corrected chi connectivity index (χ4v) is 1.60. The highest BCUT2D eigenvalue weighted by atomic mass is 32.2. The highest BCUT2D eigenvalue weighted by Gasteiger charge is 2.20. The van der Waals surface area contributed by atoms with Gasteiger partial charge < -0.3 is 10.4 Å². The summed E-state index contributed by atoms with van der Waals surface area (Å²) in [5.74, 6) is -1.35. The molecule has 0 aromatic rings. The number of hydrogen-bond donors (Lipinski definition) is 3. The molecule has 0 bridgehead atoms. The van der Waals surface area contributed by atoms with E-state index in [-0.39, 0.29) is 13.0 Å². The zero-order valence-corrected chi connectivity index (χ0v) is 11.7. The lowest BCUT2D eigenvalue weighted by molar-refractivity contribution is -0.131. The summed E-state index contributed by atoms with van der Waals surface area (Å²) in [6.07, 6.45) is 3.84. The van der Waals surface area contributed by atoms with Gasteiger partial charge in [0.2, 0.25) is 5.91 Å². The predicted octanol–water partition coefficient (Wildman–Crippen LogP) is 0.602. The fourth-order valence-electron chi connectivity index (χ4n) is 0.889. The summed E-state index contributed by atoms with van der Waals surface area (Å²) < 4.78 is 29.9. The van der Waals surface area contributed by atoms with Gasteiger partial charge in [-0.3, -0.25) is 9.35 Å². The van der Waals surface area contributed by atoms with E-state index in [9.17, 15) is 18.0 Å². The van der Waals surface area contributed by atoms with Crippen LogP contribution in [0.3, 0.4) is 0 Å². The Hall–Kier alpha value is -1.67. The zero-order chi connectivity index (χ0) is 15.5. The topological polar surface area (TPSA) is 121 Å². The molecule has 0 aliphatic carbocycles. The molecule has 1 atom stereocenters. The molecule has 3 N–H and O–H groups in total. The lowest BCUT2D eigenvalue weighted by Gasteiger charge is -2.10. The van der Waals surface area contributed by atoms with E-state index in [1.807, 2.05) is 0 Å². The molecule has 1 unspecified atom stereocenters. The Bertz CT molecular complexity index is 426. The van der Waals surface area contributed by atoms with Gasteiger partial charge in [-0.15, -0.1) is 0 Å². The highest BCUT2D eigenvalue weighted by Crippen LogP contribution is 2.01.